The lowest BCUT2D eigenvalue weighted by Gasteiger charge is -2.24. The predicted octanol–water partition coefficient (Wildman–Crippen LogP) is 7.33. The lowest BCUT2D eigenvalue weighted by atomic mass is 9.86. The lowest BCUT2D eigenvalue weighted by Crippen LogP contribution is -2.24. The molecule has 4 aromatic rings. The number of nitrogens with one attached hydrogen (secondary N) is 4. The maximum atomic E-state index is 13.6. The number of hydrogen-bond acceptors (Lipinski definition) is 8. The van der Waals surface area contributed by atoms with Crippen molar-refractivity contribution in [3.8, 4) is 5.75 Å². The number of hydrogen-bond donors (Lipinski definition) is 4. The minimum absolute atomic E-state index is 0.0913. The number of anilines is 5. The van der Waals surface area contributed by atoms with Gasteiger partial charge in [-0.15, -0.1) is 0 Å². The standard InChI is InChI=1S/C35H43N5O5S/c1-34(2,3)16-18-37-30-21-23(15-17-36-30)38-27-14-13-26(24-11-9-10-12-25(24)27)31(41)33(42)39-28-19-22(35(4,5)6)20-29(32(28)45-7)40-46(8,43)44/h9-15,17,19-21,40H,16,18H2,1-8H3,(H,39,42)(H2,36,37,38). The number of ether oxygens (including phenoxy) is 1. The van der Waals surface area contributed by atoms with Crippen LogP contribution in [0.1, 0.15) is 63.9 Å². The monoisotopic (exact) mass is 645 g/mol. The topological polar surface area (TPSA) is 139 Å². The highest BCUT2D eigenvalue weighted by atomic mass is 32.2. The van der Waals surface area contributed by atoms with Gasteiger partial charge in [-0.05, 0) is 58.5 Å². The average molecular weight is 646 g/mol. The zero-order valence-corrected chi connectivity index (χ0v) is 28.5. The van der Waals surface area contributed by atoms with E-state index in [0.29, 0.717) is 5.39 Å². The molecule has 0 aliphatic rings. The number of pyridine rings is 1. The van der Waals surface area contributed by atoms with Gasteiger partial charge in [-0.25, -0.2) is 13.4 Å². The van der Waals surface area contributed by atoms with Crippen LogP contribution < -0.4 is 25.4 Å². The summed E-state index contributed by atoms with van der Waals surface area (Å²) in [5, 5.41) is 10.8. The van der Waals surface area contributed by atoms with Gasteiger partial charge in [-0.1, -0.05) is 65.8 Å². The van der Waals surface area contributed by atoms with E-state index < -0.39 is 27.1 Å². The smallest absolute Gasteiger partial charge is 0.296 e. The molecule has 0 saturated heterocycles. The van der Waals surface area contributed by atoms with E-state index in [9.17, 15) is 18.0 Å². The normalized spacial score (nSPS) is 12.0. The largest absolute Gasteiger partial charge is 0.492 e. The van der Waals surface area contributed by atoms with Crippen LogP contribution in [0.4, 0.5) is 28.6 Å². The molecule has 244 valence electrons. The third-order valence-electron chi connectivity index (χ3n) is 7.30. The number of rotatable bonds is 11. The van der Waals surface area contributed by atoms with Crippen LogP contribution in [0.3, 0.4) is 0 Å². The molecule has 11 heteroatoms. The summed E-state index contributed by atoms with van der Waals surface area (Å²) in [6, 6.07) is 17.9. The second-order valence-corrected chi connectivity index (χ2v) is 15.3. The van der Waals surface area contributed by atoms with E-state index in [4.69, 9.17) is 4.74 Å². The van der Waals surface area contributed by atoms with E-state index in [1.165, 1.54) is 7.11 Å². The zero-order valence-electron chi connectivity index (χ0n) is 27.7. The molecular weight excluding hydrogens is 602 g/mol. The van der Waals surface area contributed by atoms with Gasteiger partial charge >= 0.3 is 0 Å². The Hall–Kier alpha value is -4.64. The van der Waals surface area contributed by atoms with Crippen LogP contribution in [0.2, 0.25) is 0 Å². The molecule has 0 bridgehead atoms. The number of aromatic nitrogens is 1. The first-order chi connectivity index (χ1) is 21.4. The average Bonchev–Trinajstić information content (AvgIpc) is 2.95. The van der Waals surface area contributed by atoms with Gasteiger partial charge in [0.25, 0.3) is 11.7 Å². The van der Waals surface area contributed by atoms with Gasteiger partial charge in [-0.3, -0.25) is 14.3 Å². The summed E-state index contributed by atoms with van der Waals surface area (Å²) in [5.41, 5.74) is 2.66. The van der Waals surface area contributed by atoms with Crippen molar-refractivity contribution < 1.29 is 22.7 Å². The molecule has 46 heavy (non-hydrogen) atoms. The van der Waals surface area contributed by atoms with Crippen LogP contribution in [0, 0.1) is 5.41 Å². The van der Waals surface area contributed by atoms with Crippen molar-refractivity contribution in [1.29, 1.82) is 0 Å². The van der Waals surface area contributed by atoms with Gasteiger partial charge in [0.15, 0.2) is 5.75 Å². The van der Waals surface area contributed by atoms with Gasteiger partial charge < -0.3 is 20.7 Å². The Kier molecular flexibility index (Phi) is 9.96. The maximum Gasteiger partial charge on any atom is 0.296 e. The first-order valence-corrected chi connectivity index (χ1v) is 16.9. The number of carbonyl (C=O) groups is 2. The summed E-state index contributed by atoms with van der Waals surface area (Å²) in [7, 11) is -2.30. The number of carbonyl (C=O) groups excluding carboxylic acids is 2. The second-order valence-electron chi connectivity index (χ2n) is 13.5. The number of nitrogens with zero attached hydrogens (tertiary/aromatic N) is 1. The van der Waals surface area contributed by atoms with Crippen LogP contribution in [-0.2, 0) is 20.2 Å². The Bertz CT molecular complexity index is 1880. The molecule has 4 rings (SSSR count). The highest BCUT2D eigenvalue weighted by Crippen LogP contribution is 2.39. The first-order valence-electron chi connectivity index (χ1n) is 15.0. The quantitative estimate of drug-likeness (QED) is 0.0983. The summed E-state index contributed by atoms with van der Waals surface area (Å²) in [4.78, 5) is 31.5. The van der Waals surface area contributed by atoms with Gasteiger partial charge in [0, 0.05) is 41.1 Å². The van der Waals surface area contributed by atoms with E-state index in [0.717, 1.165) is 47.4 Å². The Morgan fingerprint density at radius 1 is 0.870 bits per heavy atom. The molecule has 0 aliphatic heterocycles. The van der Waals surface area contributed by atoms with E-state index in [1.807, 2.05) is 51.1 Å². The molecule has 0 fully saturated rings. The van der Waals surface area contributed by atoms with Crippen molar-refractivity contribution in [2.75, 3.05) is 40.6 Å². The fraction of sp³-hybridized carbons (Fsp3) is 0.343. The molecule has 0 spiro atoms. The SMILES string of the molecule is COc1c(NC(=O)C(=O)c2ccc(Nc3ccnc(NCCC(C)(C)C)c3)c3ccccc23)cc(C(C)(C)C)cc1NS(C)(=O)=O. The van der Waals surface area contributed by atoms with Gasteiger partial charge in [0.1, 0.15) is 5.82 Å². The molecule has 1 aromatic heterocycles. The number of methoxy groups -OCH3 is 1. The number of sulfonamides is 1. The van der Waals surface area contributed by atoms with E-state index in [-0.39, 0.29) is 28.1 Å². The number of fused-ring (bicyclic) bond motifs is 1. The van der Waals surface area contributed by atoms with E-state index in [2.05, 4.69) is 46.4 Å². The summed E-state index contributed by atoms with van der Waals surface area (Å²) < 4.78 is 32.1. The Morgan fingerprint density at radius 3 is 2.17 bits per heavy atom. The lowest BCUT2D eigenvalue weighted by molar-refractivity contribution is -0.112. The van der Waals surface area contributed by atoms with Crippen LogP contribution in [-0.4, -0.2) is 45.0 Å². The molecule has 0 aliphatic carbocycles. The van der Waals surface area contributed by atoms with Crippen molar-refractivity contribution in [3.63, 3.8) is 0 Å². The summed E-state index contributed by atoms with van der Waals surface area (Å²) in [5.74, 6) is -0.796. The third-order valence-corrected chi connectivity index (χ3v) is 7.89. The molecule has 4 N–H and O–H groups in total. The molecule has 0 radical (unpaired) electrons. The minimum atomic E-state index is -3.66. The summed E-state index contributed by atoms with van der Waals surface area (Å²) in [6.45, 7) is 13.2. The molecule has 1 heterocycles. The second kappa shape index (κ2) is 13.4. The zero-order chi connectivity index (χ0) is 33.9. The van der Waals surface area contributed by atoms with Crippen molar-refractivity contribution in [1.82, 2.24) is 4.98 Å². The van der Waals surface area contributed by atoms with Crippen LogP contribution in [0.5, 0.6) is 5.75 Å². The first kappa shape index (κ1) is 34.2. The highest BCUT2D eigenvalue weighted by Gasteiger charge is 2.25. The summed E-state index contributed by atoms with van der Waals surface area (Å²) in [6.07, 6.45) is 3.75. The van der Waals surface area contributed by atoms with Gasteiger partial charge in [0.2, 0.25) is 10.0 Å². The van der Waals surface area contributed by atoms with Crippen molar-refractivity contribution in [2.45, 2.75) is 53.4 Å². The predicted molar refractivity (Wildman–Crippen MR) is 187 cm³/mol. The van der Waals surface area contributed by atoms with Crippen LogP contribution >= 0.6 is 0 Å². The maximum absolute atomic E-state index is 13.6. The molecule has 10 nitrogen and oxygen atoms in total. The molecule has 1 amide bonds. The van der Waals surface area contributed by atoms with E-state index in [1.54, 1.807) is 36.5 Å². The van der Waals surface area contributed by atoms with Crippen molar-refractivity contribution >= 4 is 61.1 Å². The fourth-order valence-corrected chi connectivity index (χ4v) is 5.43. The molecule has 0 atom stereocenters. The van der Waals surface area contributed by atoms with Crippen LogP contribution in [0.15, 0.2) is 66.9 Å². The number of amides is 1. The van der Waals surface area contributed by atoms with Gasteiger partial charge in [0.05, 0.1) is 24.7 Å². The van der Waals surface area contributed by atoms with E-state index >= 15 is 0 Å². The number of Topliss-reactive ketones (excluding diaryl/α,β-unsaturated/α-hetero) is 1. The summed E-state index contributed by atoms with van der Waals surface area (Å²) >= 11 is 0. The van der Waals surface area contributed by atoms with Crippen LogP contribution in [0.25, 0.3) is 10.8 Å². The van der Waals surface area contributed by atoms with Crippen molar-refractivity contribution in [3.05, 3.63) is 78.0 Å². The van der Waals surface area contributed by atoms with Gasteiger partial charge in [-0.2, -0.15) is 0 Å². The Morgan fingerprint density at radius 2 is 1.54 bits per heavy atom. The molecule has 3 aromatic carbocycles. The minimum Gasteiger partial charge on any atom is -0.492 e. The fourth-order valence-electron chi connectivity index (χ4n) is 4.88. The number of ketones is 1. The third kappa shape index (κ3) is 8.75. The highest BCUT2D eigenvalue weighted by molar-refractivity contribution is 7.92. The Labute approximate surface area is 271 Å². The number of benzene rings is 3. The Balaban J connectivity index is 1.63. The molecule has 0 unspecified atom stereocenters. The van der Waals surface area contributed by atoms with Crippen molar-refractivity contribution in [2.24, 2.45) is 5.41 Å². The molecule has 0 saturated carbocycles. The molecular formula is C35H43N5O5S.